The van der Waals surface area contributed by atoms with Crippen molar-refractivity contribution in [1.82, 2.24) is 10.6 Å². The number of esters is 1. The first kappa shape index (κ1) is 23.2. The number of ether oxygens (including phenoxy) is 2. The van der Waals surface area contributed by atoms with Crippen molar-refractivity contribution in [1.29, 1.82) is 0 Å². The Morgan fingerprint density at radius 1 is 1.21 bits per heavy atom. The lowest BCUT2D eigenvalue weighted by Crippen LogP contribution is -2.38. The Morgan fingerprint density at radius 3 is 2.72 bits per heavy atom. The van der Waals surface area contributed by atoms with Crippen molar-refractivity contribution in [3.05, 3.63) is 35.4 Å². The van der Waals surface area contributed by atoms with Crippen LogP contribution in [0.5, 0.6) is 0 Å². The van der Waals surface area contributed by atoms with Crippen LogP contribution in [0.25, 0.3) is 0 Å². The molecule has 0 saturated carbocycles. The number of hydrogen-bond donors (Lipinski definition) is 2. The minimum atomic E-state index is -0.134. The molecule has 1 aromatic carbocycles. The predicted molar refractivity (Wildman–Crippen MR) is 117 cm³/mol. The molecule has 0 amide bonds. The lowest BCUT2D eigenvalue weighted by Gasteiger charge is -2.31. The summed E-state index contributed by atoms with van der Waals surface area (Å²) in [6.45, 7) is 7.43. The molecule has 2 rings (SSSR count). The van der Waals surface area contributed by atoms with E-state index in [0.29, 0.717) is 12.3 Å². The van der Waals surface area contributed by atoms with E-state index in [1.807, 2.05) is 0 Å². The van der Waals surface area contributed by atoms with Gasteiger partial charge in [-0.3, -0.25) is 9.79 Å². The molecule has 1 aromatic rings. The molecule has 0 spiro atoms. The van der Waals surface area contributed by atoms with E-state index in [9.17, 15) is 4.79 Å². The average molecular weight is 404 g/mol. The minimum absolute atomic E-state index is 0.120. The molecule has 2 unspecified atom stereocenters. The van der Waals surface area contributed by atoms with E-state index in [2.05, 4.69) is 53.5 Å². The summed E-state index contributed by atoms with van der Waals surface area (Å²) in [4.78, 5) is 16.0. The number of aliphatic imine (C=N–C) groups is 1. The number of methoxy groups -OCH3 is 1. The summed E-state index contributed by atoms with van der Waals surface area (Å²) in [7, 11) is 1.43. The molecular weight excluding hydrogens is 366 g/mol. The fraction of sp³-hybridized carbons (Fsp3) is 0.652. The number of carbonyl (C=O) groups excluding carboxylic acids is 1. The standard InChI is InChI=1S/C23H37N3O3/c1-4-24-23(25-15-7-5-6-10-21(27)28-3)26-17-20-9-8-16-29-22(20)19-13-11-18(2)12-14-19/h11-14,20,22H,4-10,15-17H2,1-3H3,(H2,24,25,26). The summed E-state index contributed by atoms with van der Waals surface area (Å²) in [6, 6.07) is 8.67. The molecule has 0 radical (unpaired) electrons. The van der Waals surface area contributed by atoms with E-state index in [4.69, 9.17) is 9.73 Å². The van der Waals surface area contributed by atoms with Gasteiger partial charge in [-0.05, 0) is 45.1 Å². The van der Waals surface area contributed by atoms with Gasteiger partial charge in [0.05, 0.1) is 13.2 Å². The van der Waals surface area contributed by atoms with Crippen molar-refractivity contribution in [3.63, 3.8) is 0 Å². The van der Waals surface area contributed by atoms with Gasteiger partial charge in [0.25, 0.3) is 0 Å². The second-order valence-electron chi connectivity index (χ2n) is 7.64. The maximum atomic E-state index is 11.1. The number of guanidine groups is 1. The molecule has 1 fully saturated rings. The second kappa shape index (κ2) is 13.2. The molecule has 2 N–H and O–H groups in total. The lowest BCUT2D eigenvalue weighted by atomic mass is 9.89. The first-order valence-electron chi connectivity index (χ1n) is 10.9. The largest absolute Gasteiger partial charge is 0.469 e. The fourth-order valence-electron chi connectivity index (χ4n) is 3.59. The number of nitrogens with zero attached hydrogens (tertiary/aromatic N) is 1. The van der Waals surface area contributed by atoms with E-state index in [0.717, 1.165) is 64.3 Å². The Bertz CT molecular complexity index is 631. The van der Waals surface area contributed by atoms with Crippen LogP contribution in [0.3, 0.4) is 0 Å². The average Bonchev–Trinajstić information content (AvgIpc) is 2.75. The van der Waals surface area contributed by atoms with Gasteiger partial charge >= 0.3 is 5.97 Å². The van der Waals surface area contributed by atoms with Crippen molar-refractivity contribution in [2.24, 2.45) is 10.9 Å². The van der Waals surface area contributed by atoms with Crippen LogP contribution in [0, 0.1) is 12.8 Å². The number of carbonyl (C=O) groups is 1. The number of benzene rings is 1. The van der Waals surface area contributed by atoms with Crippen molar-refractivity contribution < 1.29 is 14.3 Å². The van der Waals surface area contributed by atoms with Crippen LogP contribution in [-0.2, 0) is 14.3 Å². The van der Waals surface area contributed by atoms with Crippen molar-refractivity contribution >= 4 is 11.9 Å². The molecule has 1 heterocycles. The number of hydrogen-bond acceptors (Lipinski definition) is 4. The first-order valence-corrected chi connectivity index (χ1v) is 10.9. The van der Waals surface area contributed by atoms with Crippen molar-refractivity contribution in [2.75, 3.05) is 33.4 Å². The monoisotopic (exact) mass is 403 g/mol. The predicted octanol–water partition coefficient (Wildman–Crippen LogP) is 3.75. The number of aryl methyl sites for hydroxylation is 1. The number of rotatable bonds is 10. The fourth-order valence-corrected chi connectivity index (χ4v) is 3.59. The van der Waals surface area contributed by atoms with Crippen LogP contribution in [0.1, 0.15) is 62.7 Å². The third kappa shape index (κ3) is 8.44. The van der Waals surface area contributed by atoms with Crippen molar-refractivity contribution in [3.8, 4) is 0 Å². The molecule has 0 bridgehead atoms. The summed E-state index contributed by atoms with van der Waals surface area (Å²) in [5.74, 6) is 1.11. The highest BCUT2D eigenvalue weighted by atomic mass is 16.5. The molecule has 6 heteroatoms. The Morgan fingerprint density at radius 2 is 2.00 bits per heavy atom. The van der Waals surface area contributed by atoms with Crippen LogP contribution in [-0.4, -0.2) is 45.3 Å². The topological polar surface area (TPSA) is 72.0 Å². The zero-order chi connectivity index (χ0) is 20.9. The molecule has 2 atom stereocenters. The molecular formula is C23H37N3O3. The SMILES string of the molecule is CCNC(=NCC1CCCOC1c1ccc(C)cc1)NCCCCCC(=O)OC. The van der Waals surface area contributed by atoms with Crippen LogP contribution in [0.15, 0.2) is 29.3 Å². The van der Waals surface area contributed by atoms with Gasteiger partial charge < -0.3 is 20.1 Å². The summed E-state index contributed by atoms with van der Waals surface area (Å²) in [6.07, 6.45) is 5.69. The second-order valence-corrected chi connectivity index (χ2v) is 7.64. The lowest BCUT2D eigenvalue weighted by molar-refractivity contribution is -0.140. The molecule has 1 aliphatic rings. The molecule has 162 valence electrons. The molecule has 29 heavy (non-hydrogen) atoms. The van der Waals surface area contributed by atoms with Gasteiger partial charge in [-0.25, -0.2) is 0 Å². The Labute approximate surface area is 175 Å². The molecule has 0 aliphatic carbocycles. The Hall–Kier alpha value is -2.08. The zero-order valence-electron chi connectivity index (χ0n) is 18.2. The van der Waals surface area contributed by atoms with E-state index in [1.165, 1.54) is 18.2 Å². The van der Waals surface area contributed by atoms with Gasteiger partial charge in [-0.1, -0.05) is 36.2 Å². The third-order valence-electron chi connectivity index (χ3n) is 5.26. The van der Waals surface area contributed by atoms with E-state index >= 15 is 0 Å². The highest BCUT2D eigenvalue weighted by Crippen LogP contribution is 2.33. The highest BCUT2D eigenvalue weighted by Gasteiger charge is 2.27. The first-order chi connectivity index (χ1) is 14.1. The quantitative estimate of drug-likeness (QED) is 0.269. The van der Waals surface area contributed by atoms with E-state index < -0.39 is 0 Å². The van der Waals surface area contributed by atoms with Crippen LogP contribution in [0.4, 0.5) is 0 Å². The summed E-state index contributed by atoms with van der Waals surface area (Å²) in [5, 5.41) is 6.73. The zero-order valence-corrected chi connectivity index (χ0v) is 18.2. The smallest absolute Gasteiger partial charge is 0.305 e. The summed E-state index contributed by atoms with van der Waals surface area (Å²) in [5.41, 5.74) is 2.52. The maximum absolute atomic E-state index is 11.1. The highest BCUT2D eigenvalue weighted by molar-refractivity contribution is 5.79. The molecule has 0 aromatic heterocycles. The Balaban J connectivity index is 1.83. The number of nitrogens with one attached hydrogen (secondary N) is 2. The third-order valence-corrected chi connectivity index (χ3v) is 5.26. The normalized spacial score (nSPS) is 19.6. The summed E-state index contributed by atoms with van der Waals surface area (Å²) < 4.78 is 10.8. The Kier molecular flexibility index (Phi) is 10.6. The number of unbranched alkanes of at least 4 members (excludes halogenated alkanes) is 2. The van der Waals surface area contributed by atoms with E-state index in [-0.39, 0.29) is 12.1 Å². The summed E-state index contributed by atoms with van der Waals surface area (Å²) >= 11 is 0. The molecule has 1 saturated heterocycles. The molecule has 6 nitrogen and oxygen atoms in total. The van der Waals surface area contributed by atoms with Gasteiger partial charge in [0.2, 0.25) is 0 Å². The minimum Gasteiger partial charge on any atom is -0.469 e. The van der Waals surface area contributed by atoms with Crippen LogP contribution < -0.4 is 10.6 Å². The van der Waals surface area contributed by atoms with Gasteiger partial charge in [0.15, 0.2) is 5.96 Å². The van der Waals surface area contributed by atoms with Crippen LogP contribution in [0.2, 0.25) is 0 Å². The molecule has 1 aliphatic heterocycles. The van der Waals surface area contributed by atoms with Crippen LogP contribution >= 0.6 is 0 Å². The van der Waals surface area contributed by atoms with Gasteiger partial charge in [0.1, 0.15) is 0 Å². The van der Waals surface area contributed by atoms with Gasteiger partial charge in [-0.15, -0.1) is 0 Å². The van der Waals surface area contributed by atoms with Crippen molar-refractivity contribution in [2.45, 2.75) is 58.5 Å². The maximum Gasteiger partial charge on any atom is 0.305 e. The van der Waals surface area contributed by atoms with E-state index in [1.54, 1.807) is 0 Å². The van der Waals surface area contributed by atoms with Gasteiger partial charge in [0, 0.05) is 38.6 Å². The van der Waals surface area contributed by atoms with Gasteiger partial charge in [-0.2, -0.15) is 0 Å².